The Balaban J connectivity index is 1.28. The Morgan fingerprint density at radius 3 is 2.44 bits per heavy atom. The number of hydrogen-bond donors (Lipinski definition) is 1. The van der Waals surface area contributed by atoms with Crippen molar-refractivity contribution >= 4 is 23.2 Å². The molecule has 1 spiro atoms. The summed E-state index contributed by atoms with van der Waals surface area (Å²) in [7, 11) is 0. The molecule has 7 heteroatoms. The molecule has 36 heavy (non-hydrogen) atoms. The zero-order valence-electron chi connectivity index (χ0n) is 21.4. The molecule has 1 unspecified atom stereocenters. The number of piperazine rings is 1. The maximum atomic E-state index is 13.9. The van der Waals surface area contributed by atoms with Gasteiger partial charge in [-0.1, -0.05) is 50.3 Å². The van der Waals surface area contributed by atoms with E-state index in [0.717, 1.165) is 36.7 Å². The van der Waals surface area contributed by atoms with Crippen LogP contribution < -0.4 is 10.1 Å². The van der Waals surface area contributed by atoms with E-state index in [1.807, 2.05) is 30.0 Å². The highest BCUT2D eigenvalue weighted by molar-refractivity contribution is 7.09. The van der Waals surface area contributed by atoms with Gasteiger partial charge in [0, 0.05) is 24.5 Å². The summed E-state index contributed by atoms with van der Waals surface area (Å²) in [6, 6.07) is 12.0. The Kier molecular flexibility index (Phi) is 7.96. The van der Waals surface area contributed by atoms with Crippen molar-refractivity contribution in [2.45, 2.75) is 83.0 Å². The average molecular weight is 510 g/mol. The first-order chi connectivity index (χ1) is 17.6. The molecule has 3 fully saturated rings. The van der Waals surface area contributed by atoms with Gasteiger partial charge in [-0.15, -0.1) is 11.3 Å². The number of amides is 2. The van der Waals surface area contributed by atoms with Gasteiger partial charge in [-0.2, -0.15) is 0 Å². The van der Waals surface area contributed by atoms with E-state index in [0.29, 0.717) is 31.9 Å². The number of ether oxygens (including phenoxy) is 1. The molecule has 1 saturated carbocycles. The molecule has 6 nitrogen and oxygen atoms in total. The first kappa shape index (κ1) is 25.3. The van der Waals surface area contributed by atoms with Crippen LogP contribution in [0.1, 0.15) is 68.7 Å². The summed E-state index contributed by atoms with van der Waals surface area (Å²) in [6.45, 7) is 5.61. The van der Waals surface area contributed by atoms with E-state index in [9.17, 15) is 9.59 Å². The smallest absolute Gasteiger partial charge is 0.246 e. The summed E-state index contributed by atoms with van der Waals surface area (Å²) in [4.78, 5) is 33.1. The number of hydrogen-bond acceptors (Lipinski definition) is 5. The third-order valence-corrected chi connectivity index (χ3v) is 9.18. The molecule has 2 saturated heterocycles. The van der Waals surface area contributed by atoms with Gasteiger partial charge in [0.1, 0.15) is 17.3 Å². The average Bonchev–Trinajstić information content (AvgIpc) is 3.42. The second-order valence-electron chi connectivity index (χ2n) is 10.7. The van der Waals surface area contributed by atoms with Crippen LogP contribution in [0.2, 0.25) is 0 Å². The molecule has 1 aromatic heterocycles. The largest absolute Gasteiger partial charge is 0.494 e. The van der Waals surface area contributed by atoms with Gasteiger partial charge in [-0.05, 0) is 61.2 Å². The number of benzene rings is 1. The molecule has 5 rings (SSSR count). The van der Waals surface area contributed by atoms with Crippen LogP contribution in [-0.4, -0.2) is 52.9 Å². The van der Waals surface area contributed by atoms with E-state index in [2.05, 4.69) is 33.8 Å². The maximum Gasteiger partial charge on any atom is 0.246 e. The van der Waals surface area contributed by atoms with Crippen LogP contribution in [0.5, 0.6) is 5.75 Å². The van der Waals surface area contributed by atoms with Crippen molar-refractivity contribution in [1.82, 2.24) is 15.1 Å². The quantitative estimate of drug-likeness (QED) is 0.545. The van der Waals surface area contributed by atoms with Gasteiger partial charge in [-0.3, -0.25) is 14.5 Å². The van der Waals surface area contributed by atoms with Crippen molar-refractivity contribution < 1.29 is 14.3 Å². The van der Waals surface area contributed by atoms with Crippen molar-refractivity contribution in [3.63, 3.8) is 0 Å². The normalized spacial score (nSPS) is 23.1. The Morgan fingerprint density at radius 2 is 1.78 bits per heavy atom. The van der Waals surface area contributed by atoms with E-state index >= 15 is 0 Å². The van der Waals surface area contributed by atoms with Crippen LogP contribution in [0, 0.1) is 5.92 Å². The zero-order valence-corrected chi connectivity index (χ0v) is 22.2. The van der Waals surface area contributed by atoms with Crippen molar-refractivity contribution in [3.05, 3.63) is 52.2 Å². The van der Waals surface area contributed by atoms with Gasteiger partial charge in [-0.25, -0.2) is 0 Å². The van der Waals surface area contributed by atoms with Gasteiger partial charge in [0.15, 0.2) is 0 Å². The topological polar surface area (TPSA) is 61.9 Å². The standard InChI is InChI=1S/C29H39N3O3S/c1-2-35-24-12-10-23(11-13-24)20-31-16-14-29(15-17-31)28(34)30-26(19-22-7-4-3-5-8-22)27(33)32(29)21-25-9-6-18-36-25/h6,9-13,18,22,26H,2-5,7-8,14-17,19-21H2,1H3,(H,30,34). The highest BCUT2D eigenvalue weighted by Gasteiger charge is 2.53. The lowest BCUT2D eigenvalue weighted by Crippen LogP contribution is -2.72. The fourth-order valence-electron chi connectivity index (χ4n) is 6.27. The monoisotopic (exact) mass is 509 g/mol. The number of carbonyl (C=O) groups excluding carboxylic acids is 2. The number of piperidine rings is 1. The minimum atomic E-state index is -0.751. The van der Waals surface area contributed by atoms with Crippen molar-refractivity contribution in [3.8, 4) is 5.75 Å². The number of carbonyl (C=O) groups is 2. The fourth-order valence-corrected chi connectivity index (χ4v) is 6.97. The van der Waals surface area contributed by atoms with Crippen LogP contribution >= 0.6 is 11.3 Å². The second-order valence-corrected chi connectivity index (χ2v) is 11.7. The van der Waals surface area contributed by atoms with Crippen LogP contribution in [0.25, 0.3) is 0 Å². The molecule has 3 aliphatic rings. The molecule has 3 heterocycles. The second kappa shape index (κ2) is 11.3. The van der Waals surface area contributed by atoms with E-state index < -0.39 is 5.54 Å². The van der Waals surface area contributed by atoms with E-state index in [4.69, 9.17) is 4.74 Å². The summed E-state index contributed by atoms with van der Waals surface area (Å²) in [6.07, 6.45) is 8.26. The lowest BCUT2D eigenvalue weighted by molar-refractivity contribution is -0.162. The van der Waals surface area contributed by atoms with E-state index in [1.54, 1.807) is 11.3 Å². The summed E-state index contributed by atoms with van der Waals surface area (Å²) in [5, 5.41) is 5.26. The predicted molar refractivity (Wildman–Crippen MR) is 143 cm³/mol. The van der Waals surface area contributed by atoms with Crippen LogP contribution in [0.4, 0.5) is 0 Å². The maximum absolute atomic E-state index is 13.9. The minimum Gasteiger partial charge on any atom is -0.494 e. The molecule has 0 radical (unpaired) electrons. The third kappa shape index (κ3) is 5.47. The van der Waals surface area contributed by atoms with E-state index in [-0.39, 0.29) is 17.9 Å². The van der Waals surface area contributed by atoms with Crippen molar-refractivity contribution in [2.24, 2.45) is 5.92 Å². The van der Waals surface area contributed by atoms with Crippen molar-refractivity contribution in [1.29, 1.82) is 0 Å². The number of likely N-dealkylation sites (tertiary alicyclic amines) is 1. The molecule has 1 N–H and O–H groups in total. The van der Waals surface area contributed by atoms with Gasteiger partial charge in [0.05, 0.1) is 13.2 Å². The van der Waals surface area contributed by atoms with Crippen molar-refractivity contribution in [2.75, 3.05) is 19.7 Å². The summed E-state index contributed by atoms with van der Waals surface area (Å²) < 4.78 is 5.56. The molecule has 1 atom stereocenters. The van der Waals surface area contributed by atoms with E-state index in [1.165, 1.54) is 37.7 Å². The SMILES string of the molecule is CCOc1ccc(CN2CCC3(CC2)C(=O)NC(CC2CCCCC2)C(=O)N3Cc2cccs2)cc1. The Labute approximate surface area is 219 Å². The van der Waals surface area contributed by atoms with Gasteiger partial charge in [0.2, 0.25) is 11.8 Å². The molecule has 2 amide bonds. The van der Waals surface area contributed by atoms with Crippen LogP contribution in [-0.2, 0) is 22.7 Å². The highest BCUT2D eigenvalue weighted by atomic mass is 32.1. The molecule has 2 aliphatic heterocycles. The Morgan fingerprint density at radius 1 is 1.03 bits per heavy atom. The Hall–Kier alpha value is -2.38. The minimum absolute atomic E-state index is 0.0557. The van der Waals surface area contributed by atoms with Gasteiger partial charge >= 0.3 is 0 Å². The summed E-state index contributed by atoms with van der Waals surface area (Å²) in [5.74, 6) is 1.61. The predicted octanol–water partition coefficient (Wildman–Crippen LogP) is 4.98. The fraction of sp³-hybridized carbons (Fsp3) is 0.586. The molecule has 194 valence electrons. The van der Waals surface area contributed by atoms with Crippen LogP contribution in [0.15, 0.2) is 41.8 Å². The summed E-state index contributed by atoms with van der Waals surface area (Å²) in [5.41, 5.74) is 0.487. The summed E-state index contributed by atoms with van der Waals surface area (Å²) >= 11 is 1.66. The number of rotatable bonds is 8. The number of thiophene rings is 1. The molecule has 1 aromatic carbocycles. The first-order valence-corrected chi connectivity index (χ1v) is 14.5. The molecule has 1 aliphatic carbocycles. The van der Waals surface area contributed by atoms with Crippen LogP contribution in [0.3, 0.4) is 0 Å². The number of nitrogens with zero attached hydrogens (tertiary/aromatic N) is 2. The zero-order chi connectivity index (χ0) is 25.0. The van der Waals surface area contributed by atoms with Gasteiger partial charge in [0.25, 0.3) is 0 Å². The molecule has 2 aromatic rings. The molecular formula is C29H39N3O3S. The Bertz CT molecular complexity index is 1010. The van der Waals surface area contributed by atoms with Gasteiger partial charge < -0.3 is 15.0 Å². The lowest BCUT2D eigenvalue weighted by Gasteiger charge is -2.52. The molecule has 0 bridgehead atoms. The third-order valence-electron chi connectivity index (χ3n) is 8.32. The lowest BCUT2D eigenvalue weighted by atomic mass is 9.79. The number of nitrogens with one attached hydrogen (secondary N) is 1. The highest BCUT2D eigenvalue weighted by Crippen LogP contribution is 2.37. The molecular weight excluding hydrogens is 470 g/mol. The first-order valence-electron chi connectivity index (χ1n) is 13.7.